The Bertz CT molecular complexity index is 1040. The summed E-state index contributed by atoms with van der Waals surface area (Å²) < 4.78 is 13.6. The molecular formula is C21H20BrN3O3. The van der Waals surface area contributed by atoms with Crippen LogP contribution in [0.2, 0.25) is 0 Å². The van der Waals surface area contributed by atoms with Crippen molar-refractivity contribution in [2.75, 3.05) is 6.79 Å². The molecule has 6 nitrogen and oxygen atoms in total. The monoisotopic (exact) mass is 441 g/mol. The lowest BCUT2D eigenvalue weighted by atomic mass is 10.1. The van der Waals surface area contributed by atoms with Crippen LogP contribution in [0.1, 0.15) is 40.3 Å². The largest absolute Gasteiger partial charge is 0.454 e. The molecule has 1 amide bonds. The van der Waals surface area contributed by atoms with Gasteiger partial charge >= 0.3 is 0 Å². The first-order valence-electron chi connectivity index (χ1n) is 8.96. The van der Waals surface area contributed by atoms with Crippen molar-refractivity contribution in [2.45, 2.75) is 26.8 Å². The zero-order chi connectivity index (χ0) is 19.8. The van der Waals surface area contributed by atoms with E-state index in [4.69, 9.17) is 9.47 Å². The zero-order valence-electron chi connectivity index (χ0n) is 15.8. The van der Waals surface area contributed by atoms with E-state index in [0.717, 1.165) is 27.2 Å². The van der Waals surface area contributed by atoms with E-state index < -0.39 is 0 Å². The van der Waals surface area contributed by atoms with Gasteiger partial charge in [0.15, 0.2) is 11.5 Å². The topological polar surface area (TPSA) is 65.4 Å². The molecule has 1 aliphatic heterocycles. The van der Waals surface area contributed by atoms with Gasteiger partial charge in [-0.1, -0.05) is 22.0 Å². The number of aryl methyl sites for hydroxylation is 1. The fourth-order valence-electron chi connectivity index (χ4n) is 3.34. The molecule has 0 saturated heterocycles. The van der Waals surface area contributed by atoms with Gasteiger partial charge in [-0.2, -0.15) is 5.10 Å². The summed E-state index contributed by atoms with van der Waals surface area (Å²) in [6.07, 6.45) is 0. The molecule has 1 atom stereocenters. The van der Waals surface area contributed by atoms with E-state index in [0.29, 0.717) is 17.0 Å². The van der Waals surface area contributed by atoms with Crippen molar-refractivity contribution in [2.24, 2.45) is 0 Å². The molecule has 0 fully saturated rings. The summed E-state index contributed by atoms with van der Waals surface area (Å²) in [5, 5.41) is 7.63. The predicted molar refractivity (Wildman–Crippen MR) is 109 cm³/mol. The molecule has 1 aromatic heterocycles. The van der Waals surface area contributed by atoms with E-state index in [1.165, 1.54) is 0 Å². The van der Waals surface area contributed by atoms with Crippen molar-refractivity contribution in [3.63, 3.8) is 0 Å². The van der Waals surface area contributed by atoms with Gasteiger partial charge in [-0.05, 0) is 62.7 Å². The molecule has 0 bridgehead atoms. The number of ether oxygens (including phenoxy) is 2. The van der Waals surface area contributed by atoms with Gasteiger partial charge in [-0.3, -0.25) is 4.79 Å². The Morgan fingerprint density at radius 2 is 1.86 bits per heavy atom. The lowest BCUT2D eigenvalue weighted by Crippen LogP contribution is -2.27. The second-order valence-corrected chi connectivity index (χ2v) is 7.66. The Balaban J connectivity index is 1.57. The van der Waals surface area contributed by atoms with Gasteiger partial charge in [-0.25, -0.2) is 4.68 Å². The summed E-state index contributed by atoms with van der Waals surface area (Å²) in [7, 11) is 0. The van der Waals surface area contributed by atoms with Crippen LogP contribution in [0.5, 0.6) is 11.5 Å². The Hall–Kier alpha value is -2.80. The molecule has 3 aromatic rings. The molecule has 4 rings (SSSR count). The highest BCUT2D eigenvalue weighted by Gasteiger charge is 2.22. The first-order chi connectivity index (χ1) is 13.4. The lowest BCUT2D eigenvalue weighted by molar-refractivity contribution is 0.0938. The molecular weight excluding hydrogens is 422 g/mol. The van der Waals surface area contributed by atoms with Gasteiger partial charge in [0.2, 0.25) is 6.79 Å². The first-order valence-corrected chi connectivity index (χ1v) is 9.76. The van der Waals surface area contributed by atoms with Gasteiger partial charge < -0.3 is 14.8 Å². The van der Waals surface area contributed by atoms with Crippen molar-refractivity contribution in [1.29, 1.82) is 0 Å². The Kier molecular flexibility index (Phi) is 4.85. The number of hydrogen-bond donors (Lipinski definition) is 1. The van der Waals surface area contributed by atoms with E-state index in [1.54, 1.807) is 4.68 Å². The maximum atomic E-state index is 13.0. The van der Waals surface area contributed by atoms with Crippen molar-refractivity contribution in [3.05, 3.63) is 69.5 Å². The average Bonchev–Trinajstić information content (AvgIpc) is 3.25. The Morgan fingerprint density at radius 1 is 1.14 bits per heavy atom. The smallest absolute Gasteiger partial charge is 0.255 e. The van der Waals surface area contributed by atoms with Crippen LogP contribution in [0.25, 0.3) is 5.69 Å². The summed E-state index contributed by atoms with van der Waals surface area (Å²) in [6.45, 7) is 5.93. The second-order valence-electron chi connectivity index (χ2n) is 6.74. The summed E-state index contributed by atoms with van der Waals surface area (Å²) in [4.78, 5) is 13.0. The molecule has 1 N–H and O–H groups in total. The minimum Gasteiger partial charge on any atom is -0.454 e. The molecule has 2 heterocycles. The van der Waals surface area contributed by atoms with Crippen LogP contribution in [0.3, 0.4) is 0 Å². The fourth-order valence-corrected chi connectivity index (χ4v) is 3.60. The van der Waals surface area contributed by atoms with Crippen molar-refractivity contribution < 1.29 is 14.3 Å². The van der Waals surface area contributed by atoms with Gasteiger partial charge in [-0.15, -0.1) is 0 Å². The van der Waals surface area contributed by atoms with Crippen LogP contribution in [0, 0.1) is 13.8 Å². The van der Waals surface area contributed by atoms with Crippen LogP contribution >= 0.6 is 15.9 Å². The van der Waals surface area contributed by atoms with E-state index in [-0.39, 0.29) is 18.7 Å². The van der Waals surface area contributed by atoms with Crippen LogP contribution in [0.4, 0.5) is 0 Å². The number of amides is 1. The van der Waals surface area contributed by atoms with Crippen LogP contribution in [0.15, 0.2) is 46.9 Å². The van der Waals surface area contributed by atoms with Gasteiger partial charge in [0.25, 0.3) is 5.91 Å². The molecule has 144 valence electrons. The molecule has 0 spiro atoms. The van der Waals surface area contributed by atoms with E-state index in [9.17, 15) is 4.79 Å². The standard InChI is InChI=1S/C21H20BrN3O3/c1-12(15-4-9-18-19(10-15)28-11-27-18)23-21(26)20-13(2)24-25(14(20)3)17-7-5-16(22)6-8-17/h4-10,12H,11H2,1-3H3,(H,23,26). The third-order valence-corrected chi connectivity index (χ3v) is 5.36. The average molecular weight is 442 g/mol. The number of halogens is 1. The number of nitrogens with zero attached hydrogens (tertiary/aromatic N) is 2. The maximum absolute atomic E-state index is 13.0. The third kappa shape index (κ3) is 3.38. The van der Waals surface area contributed by atoms with E-state index in [1.807, 2.05) is 63.2 Å². The summed E-state index contributed by atoms with van der Waals surface area (Å²) in [5.41, 5.74) is 3.95. The highest BCUT2D eigenvalue weighted by atomic mass is 79.9. The fraction of sp³-hybridized carbons (Fsp3) is 0.238. The maximum Gasteiger partial charge on any atom is 0.255 e. The number of fused-ring (bicyclic) bond motifs is 1. The number of nitrogens with one attached hydrogen (secondary N) is 1. The zero-order valence-corrected chi connectivity index (χ0v) is 17.4. The van der Waals surface area contributed by atoms with Crippen LogP contribution < -0.4 is 14.8 Å². The van der Waals surface area contributed by atoms with E-state index in [2.05, 4.69) is 26.3 Å². The minimum atomic E-state index is -0.183. The molecule has 0 aliphatic carbocycles. The van der Waals surface area contributed by atoms with E-state index >= 15 is 0 Å². The molecule has 7 heteroatoms. The number of hydrogen-bond acceptors (Lipinski definition) is 4. The number of benzene rings is 2. The summed E-state index contributed by atoms with van der Waals surface area (Å²) >= 11 is 3.44. The van der Waals surface area contributed by atoms with Gasteiger partial charge in [0.1, 0.15) is 0 Å². The quantitative estimate of drug-likeness (QED) is 0.648. The lowest BCUT2D eigenvalue weighted by Gasteiger charge is -2.15. The van der Waals surface area contributed by atoms with Crippen molar-refractivity contribution in [3.8, 4) is 17.2 Å². The normalized spacial score (nSPS) is 13.4. The molecule has 0 saturated carbocycles. The first kappa shape index (κ1) is 18.6. The SMILES string of the molecule is Cc1nn(-c2ccc(Br)cc2)c(C)c1C(=O)NC(C)c1ccc2c(c1)OCO2. The Morgan fingerprint density at radius 3 is 2.61 bits per heavy atom. The number of rotatable bonds is 4. The number of aromatic nitrogens is 2. The number of carbonyl (C=O) groups excluding carboxylic acids is 1. The molecule has 1 aliphatic rings. The van der Waals surface area contributed by atoms with Gasteiger partial charge in [0.05, 0.1) is 28.7 Å². The second kappa shape index (κ2) is 7.31. The molecule has 28 heavy (non-hydrogen) atoms. The summed E-state index contributed by atoms with van der Waals surface area (Å²) in [6, 6.07) is 13.3. The van der Waals surface area contributed by atoms with Gasteiger partial charge in [0, 0.05) is 4.47 Å². The minimum absolute atomic E-state index is 0.150. The van der Waals surface area contributed by atoms with Crippen LogP contribution in [-0.4, -0.2) is 22.5 Å². The summed E-state index contributed by atoms with van der Waals surface area (Å²) in [5.74, 6) is 1.28. The highest BCUT2D eigenvalue weighted by molar-refractivity contribution is 9.10. The van der Waals surface area contributed by atoms with Crippen molar-refractivity contribution >= 4 is 21.8 Å². The Labute approximate surface area is 171 Å². The predicted octanol–water partition coefficient (Wildman–Crippen LogP) is 4.47. The molecule has 1 unspecified atom stereocenters. The highest BCUT2D eigenvalue weighted by Crippen LogP contribution is 2.34. The number of carbonyl (C=O) groups is 1. The van der Waals surface area contributed by atoms with Crippen molar-refractivity contribution in [1.82, 2.24) is 15.1 Å². The molecule has 0 radical (unpaired) electrons. The third-order valence-electron chi connectivity index (χ3n) is 4.83. The molecule has 2 aromatic carbocycles. The van der Waals surface area contributed by atoms with Crippen LogP contribution in [-0.2, 0) is 0 Å².